The summed E-state index contributed by atoms with van der Waals surface area (Å²) >= 11 is 0. The molecule has 2 aromatic carbocycles. The summed E-state index contributed by atoms with van der Waals surface area (Å²) in [5.74, 6) is 0.0271. The largest absolute Gasteiger partial charge is 0.366 e. The lowest BCUT2D eigenvalue weighted by atomic mass is 9.94. The van der Waals surface area contributed by atoms with Crippen LogP contribution in [-0.2, 0) is 4.74 Å². The van der Waals surface area contributed by atoms with Crippen LogP contribution < -0.4 is 0 Å². The molecule has 0 N–H and O–H groups in total. The number of Topliss-reactive ketones (excluding diaryl/α,β-unsaturated/α-hetero) is 1. The van der Waals surface area contributed by atoms with E-state index in [1.165, 1.54) is 0 Å². The molecule has 0 aliphatic carbocycles. The van der Waals surface area contributed by atoms with Gasteiger partial charge in [0.1, 0.15) is 6.10 Å². The molecule has 0 heterocycles. The van der Waals surface area contributed by atoms with Crippen molar-refractivity contribution in [1.29, 1.82) is 0 Å². The van der Waals surface area contributed by atoms with Gasteiger partial charge in [-0.3, -0.25) is 4.79 Å². The van der Waals surface area contributed by atoms with Gasteiger partial charge >= 0.3 is 0 Å². The number of benzene rings is 2. The zero-order valence-electron chi connectivity index (χ0n) is 12.2. The van der Waals surface area contributed by atoms with Crippen LogP contribution in [0.3, 0.4) is 0 Å². The molecule has 2 heteroatoms. The Balaban J connectivity index is 2.39. The lowest BCUT2D eigenvalue weighted by Gasteiger charge is -2.18. The van der Waals surface area contributed by atoms with Gasteiger partial charge in [-0.15, -0.1) is 0 Å². The van der Waals surface area contributed by atoms with E-state index in [-0.39, 0.29) is 5.78 Å². The molecule has 2 nitrogen and oxygen atoms in total. The van der Waals surface area contributed by atoms with Gasteiger partial charge in [0.15, 0.2) is 5.78 Å². The van der Waals surface area contributed by atoms with Crippen LogP contribution in [0.25, 0.3) is 0 Å². The number of ketones is 1. The molecule has 0 fully saturated rings. The summed E-state index contributed by atoms with van der Waals surface area (Å²) in [7, 11) is 0. The Kier molecular flexibility index (Phi) is 4.70. The molecule has 0 spiro atoms. The molecule has 0 amide bonds. The Bertz CT molecular complexity index is 588. The first-order chi connectivity index (χ1) is 9.65. The van der Waals surface area contributed by atoms with E-state index in [1.54, 1.807) is 0 Å². The van der Waals surface area contributed by atoms with Crippen molar-refractivity contribution in [3.63, 3.8) is 0 Å². The molecule has 0 aliphatic heterocycles. The number of aryl methyl sites for hydroxylation is 1. The molecule has 0 radical (unpaired) electrons. The SMILES string of the molecule is CCOC(C(=O)c1cccc(C)c1C)c1ccccc1. The lowest BCUT2D eigenvalue weighted by Crippen LogP contribution is -2.17. The summed E-state index contributed by atoms with van der Waals surface area (Å²) in [4.78, 5) is 12.8. The molecular formula is C18H20O2. The Morgan fingerprint density at radius 3 is 2.40 bits per heavy atom. The Labute approximate surface area is 120 Å². The van der Waals surface area contributed by atoms with Crippen molar-refractivity contribution in [3.05, 3.63) is 70.8 Å². The van der Waals surface area contributed by atoms with Crippen LogP contribution in [0.15, 0.2) is 48.5 Å². The second-order valence-corrected chi connectivity index (χ2v) is 4.86. The fraction of sp³-hybridized carbons (Fsp3) is 0.278. The minimum absolute atomic E-state index is 0.0271. The zero-order valence-corrected chi connectivity index (χ0v) is 12.2. The maximum absolute atomic E-state index is 12.8. The normalized spacial score (nSPS) is 12.2. The van der Waals surface area contributed by atoms with Crippen molar-refractivity contribution >= 4 is 5.78 Å². The Morgan fingerprint density at radius 2 is 1.75 bits per heavy atom. The maximum atomic E-state index is 12.8. The van der Waals surface area contributed by atoms with Crippen molar-refractivity contribution in [2.45, 2.75) is 26.9 Å². The molecule has 0 saturated carbocycles. The predicted molar refractivity (Wildman–Crippen MR) is 81.1 cm³/mol. The molecular weight excluding hydrogens is 248 g/mol. The number of ether oxygens (including phenoxy) is 1. The van der Waals surface area contributed by atoms with Crippen LogP contribution in [0.2, 0.25) is 0 Å². The standard InChI is InChI=1S/C18H20O2/c1-4-20-18(15-10-6-5-7-11-15)17(19)16-12-8-9-13(2)14(16)3/h5-12,18H,4H2,1-3H3. The molecule has 2 aromatic rings. The van der Waals surface area contributed by atoms with Gasteiger partial charge in [0.25, 0.3) is 0 Å². The first kappa shape index (κ1) is 14.5. The average Bonchev–Trinajstić information content (AvgIpc) is 2.48. The zero-order chi connectivity index (χ0) is 14.5. The first-order valence-electron chi connectivity index (χ1n) is 6.92. The smallest absolute Gasteiger partial charge is 0.196 e. The van der Waals surface area contributed by atoms with Gasteiger partial charge in [0.05, 0.1) is 0 Å². The summed E-state index contributed by atoms with van der Waals surface area (Å²) < 4.78 is 5.69. The molecule has 2 rings (SSSR count). The van der Waals surface area contributed by atoms with Crippen molar-refractivity contribution in [1.82, 2.24) is 0 Å². The highest BCUT2D eigenvalue weighted by Crippen LogP contribution is 2.25. The van der Waals surface area contributed by atoms with Crippen LogP contribution in [0.5, 0.6) is 0 Å². The van der Waals surface area contributed by atoms with Crippen LogP contribution in [0.1, 0.15) is 40.1 Å². The van der Waals surface area contributed by atoms with Gasteiger partial charge in [0, 0.05) is 12.2 Å². The van der Waals surface area contributed by atoms with E-state index in [0.717, 1.165) is 22.3 Å². The van der Waals surface area contributed by atoms with Crippen molar-refractivity contribution < 1.29 is 9.53 Å². The van der Waals surface area contributed by atoms with E-state index >= 15 is 0 Å². The monoisotopic (exact) mass is 268 g/mol. The average molecular weight is 268 g/mol. The molecule has 0 saturated heterocycles. The molecule has 0 aliphatic rings. The molecule has 0 aromatic heterocycles. The van der Waals surface area contributed by atoms with Gasteiger partial charge in [-0.2, -0.15) is 0 Å². The molecule has 1 atom stereocenters. The lowest BCUT2D eigenvalue weighted by molar-refractivity contribution is 0.0452. The summed E-state index contributed by atoms with van der Waals surface area (Å²) in [5.41, 5.74) is 3.80. The minimum atomic E-state index is -0.526. The summed E-state index contributed by atoms with van der Waals surface area (Å²) in [6.45, 7) is 6.42. The van der Waals surface area contributed by atoms with E-state index in [9.17, 15) is 4.79 Å². The fourth-order valence-electron chi connectivity index (χ4n) is 2.28. The maximum Gasteiger partial charge on any atom is 0.196 e. The van der Waals surface area contributed by atoms with Crippen LogP contribution >= 0.6 is 0 Å². The van der Waals surface area contributed by atoms with E-state index < -0.39 is 6.10 Å². The number of hydrogen-bond donors (Lipinski definition) is 0. The fourth-order valence-corrected chi connectivity index (χ4v) is 2.28. The molecule has 20 heavy (non-hydrogen) atoms. The summed E-state index contributed by atoms with van der Waals surface area (Å²) in [6, 6.07) is 15.5. The summed E-state index contributed by atoms with van der Waals surface area (Å²) in [6.07, 6.45) is -0.526. The highest BCUT2D eigenvalue weighted by atomic mass is 16.5. The topological polar surface area (TPSA) is 26.3 Å². The van der Waals surface area contributed by atoms with Crippen LogP contribution in [-0.4, -0.2) is 12.4 Å². The van der Waals surface area contributed by atoms with E-state index in [1.807, 2.05) is 69.3 Å². The molecule has 104 valence electrons. The number of carbonyl (C=O) groups is 1. The van der Waals surface area contributed by atoms with Crippen LogP contribution in [0.4, 0.5) is 0 Å². The second-order valence-electron chi connectivity index (χ2n) is 4.86. The van der Waals surface area contributed by atoms with Gasteiger partial charge in [-0.25, -0.2) is 0 Å². The Hall–Kier alpha value is -1.93. The number of carbonyl (C=O) groups excluding carboxylic acids is 1. The van der Waals surface area contributed by atoms with Gasteiger partial charge in [0.2, 0.25) is 0 Å². The van der Waals surface area contributed by atoms with E-state index in [2.05, 4.69) is 0 Å². The molecule has 1 unspecified atom stereocenters. The quantitative estimate of drug-likeness (QED) is 0.757. The van der Waals surface area contributed by atoms with Crippen molar-refractivity contribution in [2.75, 3.05) is 6.61 Å². The third kappa shape index (κ3) is 2.97. The first-order valence-corrected chi connectivity index (χ1v) is 6.92. The highest BCUT2D eigenvalue weighted by molar-refractivity contribution is 6.01. The van der Waals surface area contributed by atoms with Gasteiger partial charge in [-0.05, 0) is 37.5 Å². The summed E-state index contributed by atoms with van der Waals surface area (Å²) in [5, 5.41) is 0. The van der Waals surface area contributed by atoms with Crippen LogP contribution in [0, 0.1) is 13.8 Å². The van der Waals surface area contributed by atoms with Gasteiger partial charge < -0.3 is 4.74 Å². The van der Waals surface area contributed by atoms with Crippen molar-refractivity contribution in [3.8, 4) is 0 Å². The highest BCUT2D eigenvalue weighted by Gasteiger charge is 2.23. The predicted octanol–water partition coefficient (Wildman–Crippen LogP) is 4.26. The minimum Gasteiger partial charge on any atom is -0.366 e. The third-order valence-corrected chi connectivity index (χ3v) is 3.54. The molecule has 0 bridgehead atoms. The Morgan fingerprint density at radius 1 is 1.05 bits per heavy atom. The second kappa shape index (κ2) is 6.49. The number of rotatable bonds is 5. The van der Waals surface area contributed by atoms with E-state index in [0.29, 0.717) is 6.61 Å². The van der Waals surface area contributed by atoms with Gasteiger partial charge in [-0.1, -0.05) is 48.5 Å². The van der Waals surface area contributed by atoms with Crippen molar-refractivity contribution in [2.24, 2.45) is 0 Å². The van der Waals surface area contributed by atoms with E-state index in [4.69, 9.17) is 4.74 Å². The third-order valence-electron chi connectivity index (χ3n) is 3.54. The number of hydrogen-bond acceptors (Lipinski definition) is 2.